The summed E-state index contributed by atoms with van der Waals surface area (Å²) < 4.78 is 61.8. The van der Waals surface area contributed by atoms with Crippen molar-refractivity contribution in [2.45, 2.75) is 72.2 Å². The predicted molar refractivity (Wildman–Crippen MR) is 182 cm³/mol. The van der Waals surface area contributed by atoms with Crippen LogP contribution in [0.4, 0.5) is 4.79 Å². The average Bonchev–Trinajstić information content (AvgIpc) is 3.22. The highest BCUT2D eigenvalue weighted by molar-refractivity contribution is 6.62. The Labute approximate surface area is 287 Å². The lowest BCUT2D eigenvalue weighted by Gasteiger charge is -2.32. The third kappa shape index (κ3) is 18.1. The molecule has 0 unspecified atom stereocenters. The Bertz CT molecular complexity index is 1000. The largest absolute Gasteiger partial charge is 0.495 e. The fraction of sp³-hybridized carbons (Fsp3) is 0.794. The molecule has 1 aromatic rings. The average molecular weight is 686 g/mol. The minimum absolute atomic E-state index is 0.372. The van der Waals surface area contributed by atoms with E-state index in [-0.39, 0.29) is 18.3 Å². The van der Waals surface area contributed by atoms with E-state index in [0.717, 1.165) is 16.8 Å². The zero-order valence-corrected chi connectivity index (χ0v) is 30.5. The number of aryl methyl sites for hydroxylation is 1. The lowest BCUT2D eigenvalue weighted by atomic mass is 9.76. The molecule has 48 heavy (non-hydrogen) atoms. The van der Waals surface area contributed by atoms with Gasteiger partial charge in [-0.2, -0.15) is 0 Å². The molecule has 0 aliphatic carbocycles. The highest BCUT2D eigenvalue weighted by Crippen LogP contribution is 2.36. The van der Waals surface area contributed by atoms with Crippen molar-refractivity contribution in [2.75, 3.05) is 106 Å². The Morgan fingerprint density at radius 3 is 1.46 bits per heavy atom. The molecule has 1 saturated heterocycles. The van der Waals surface area contributed by atoms with Crippen molar-refractivity contribution in [3.63, 3.8) is 0 Å². The highest BCUT2D eigenvalue weighted by Gasteiger charge is 2.52. The lowest BCUT2D eigenvalue weighted by molar-refractivity contribution is -0.0211. The number of nitrogens with one attached hydrogen (secondary N) is 1. The van der Waals surface area contributed by atoms with Gasteiger partial charge >= 0.3 is 13.2 Å². The molecular weight excluding hydrogens is 625 g/mol. The van der Waals surface area contributed by atoms with Gasteiger partial charge in [0.15, 0.2) is 0 Å². The first-order chi connectivity index (χ1) is 22.8. The zero-order valence-electron chi connectivity index (χ0n) is 30.5. The van der Waals surface area contributed by atoms with Crippen LogP contribution in [0.15, 0.2) is 18.2 Å². The molecule has 2 rings (SSSR count). The standard InChI is InChI=1S/C34H60BNO12/c1-28-27-29(9-10-30(28)35-47-33(5,6)34(7,8)48-35)45-26-25-44-24-23-43-22-21-42-20-19-41-18-17-40-16-15-39-14-13-38-12-11-36-31(37)46-32(2,3)4/h9-10,27H,11-26H2,1-8H3,(H,36,37). The van der Waals surface area contributed by atoms with E-state index in [1.807, 2.05) is 45.9 Å². The van der Waals surface area contributed by atoms with Gasteiger partial charge in [0.1, 0.15) is 18.0 Å². The second-order valence-electron chi connectivity index (χ2n) is 13.2. The summed E-state index contributed by atoms with van der Waals surface area (Å²) in [6, 6.07) is 5.94. The topological polar surface area (TPSA) is 131 Å². The minimum atomic E-state index is -0.512. The Morgan fingerprint density at radius 2 is 1.06 bits per heavy atom. The fourth-order valence-electron chi connectivity index (χ4n) is 4.15. The lowest BCUT2D eigenvalue weighted by Crippen LogP contribution is -2.41. The molecule has 14 heteroatoms. The van der Waals surface area contributed by atoms with E-state index in [1.165, 1.54) is 0 Å². The maximum Gasteiger partial charge on any atom is 0.495 e. The number of benzene rings is 1. The second-order valence-corrected chi connectivity index (χ2v) is 13.2. The van der Waals surface area contributed by atoms with E-state index in [2.05, 4.69) is 33.0 Å². The Balaban J connectivity index is 1.28. The van der Waals surface area contributed by atoms with E-state index in [1.54, 1.807) is 0 Å². The molecule has 0 saturated carbocycles. The summed E-state index contributed by atoms with van der Waals surface area (Å²) >= 11 is 0. The van der Waals surface area contributed by atoms with Crippen LogP contribution in [0.2, 0.25) is 0 Å². The second kappa shape index (κ2) is 22.7. The first kappa shape index (κ1) is 42.2. The normalized spacial score (nSPS) is 15.5. The van der Waals surface area contributed by atoms with Crippen molar-refractivity contribution in [3.05, 3.63) is 23.8 Å². The summed E-state index contributed by atoms with van der Waals surface area (Å²) in [6.07, 6.45) is -0.452. The van der Waals surface area contributed by atoms with Crippen molar-refractivity contribution in [1.29, 1.82) is 0 Å². The highest BCUT2D eigenvalue weighted by atomic mass is 16.7. The molecule has 0 atom stereocenters. The van der Waals surface area contributed by atoms with Gasteiger partial charge in [0.25, 0.3) is 0 Å². The molecule has 1 fully saturated rings. The van der Waals surface area contributed by atoms with Gasteiger partial charge in [0.2, 0.25) is 0 Å². The number of hydrogen-bond acceptors (Lipinski definition) is 12. The monoisotopic (exact) mass is 685 g/mol. The summed E-state index contributed by atoms with van der Waals surface area (Å²) in [4.78, 5) is 11.5. The minimum Gasteiger partial charge on any atom is -0.491 e. The summed E-state index contributed by atoms with van der Waals surface area (Å²) in [6.45, 7) is 23.1. The summed E-state index contributed by atoms with van der Waals surface area (Å²) in [7, 11) is -0.386. The van der Waals surface area contributed by atoms with Gasteiger partial charge in [-0.25, -0.2) is 4.79 Å². The zero-order chi connectivity index (χ0) is 35.3. The van der Waals surface area contributed by atoms with Crippen LogP contribution in [0, 0.1) is 6.92 Å². The van der Waals surface area contributed by atoms with Crippen LogP contribution in [0.3, 0.4) is 0 Å². The molecule has 1 aliphatic rings. The summed E-state index contributed by atoms with van der Waals surface area (Å²) in [5.74, 6) is 0.786. The van der Waals surface area contributed by atoms with Crippen molar-refractivity contribution in [3.8, 4) is 5.75 Å². The van der Waals surface area contributed by atoms with Crippen LogP contribution in [0.5, 0.6) is 5.75 Å². The maximum absolute atomic E-state index is 11.5. The molecule has 1 aromatic carbocycles. The van der Waals surface area contributed by atoms with Crippen molar-refractivity contribution in [1.82, 2.24) is 5.32 Å². The smallest absolute Gasteiger partial charge is 0.491 e. The van der Waals surface area contributed by atoms with Crippen LogP contribution in [0.1, 0.15) is 54.0 Å². The van der Waals surface area contributed by atoms with E-state index in [0.29, 0.717) is 106 Å². The van der Waals surface area contributed by atoms with Crippen molar-refractivity contribution in [2.24, 2.45) is 0 Å². The fourth-order valence-corrected chi connectivity index (χ4v) is 4.15. The quantitative estimate of drug-likeness (QED) is 0.113. The number of hydrogen-bond donors (Lipinski definition) is 1. The van der Waals surface area contributed by atoms with Gasteiger partial charge < -0.3 is 57.3 Å². The number of amides is 1. The number of carbonyl (C=O) groups is 1. The number of carbonyl (C=O) groups excluding carboxylic acids is 1. The first-order valence-corrected chi connectivity index (χ1v) is 16.9. The molecule has 0 bridgehead atoms. The SMILES string of the molecule is Cc1cc(OCCOCCOCCOCCOCCOCCOCCOCCNC(=O)OC(C)(C)C)ccc1B1OC(C)(C)C(C)(C)O1. The van der Waals surface area contributed by atoms with Gasteiger partial charge in [0.05, 0.1) is 104 Å². The van der Waals surface area contributed by atoms with Crippen molar-refractivity contribution >= 4 is 18.7 Å². The van der Waals surface area contributed by atoms with Gasteiger partial charge in [0, 0.05) is 6.54 Å². The predicted octanol–water partition coefficient (Wildman–Crippen LogP) is 3.31. The number of alkyl carbamates (subject to hydrolysis) is 1. The molecule has 276 valence electrons. The van der Waals surface area contributed by atoms with E-state index in [9.17, 15) is 4.79 Å². The molecule has 1 amide bonds. The van der Waals surface area contributed by atoms with Crippen LogP contribution in [-0.2, 0) is 47.2 Å². The Kier molecular flexibility index (Phi) is 19.9. The first-order valence-electron chi connectivity index (χ1n) is 16.9. The molecule has 1 N–H and O–H groups in total. The Morgan fingerprint density at radius 1 is 0.667 bits per heavy atom. The molecule has 0 radical (unpaired) electrons. The molecular formula is C34H60BNO12. The number of ether oxygens (including phenoxy) is 9. The third-order valence-corrected chi connectivity index (χ3v) is 7.39. The van der Waals surface area contributed by atoms with E-state index < -0.39 is 11.7 Å². The maximum atomic E-state index is 11.5. The van der Waals surface area contributed by atoms with Crippen LogP contribution >= 0.6 is 0 Å². The molecule has 1 aliphatic heterocycles. The van der Waals surface area contributed by atoms with Gasteiger partial charge in [-0.05, 0) is 78.5 Å². The van der Waals surface area contributed by atoms with Crippen LogP contribution < -0.4 is 15.5 Å². The van der Waals surface area contributed by atoms with Gasteiger partial charge in [-0.15, -0.1) is 0 Å². The molecule has 13 nitrogen and oxygen atoms in total. The van der Waals surface area contributed by atoms with E-state index in [4.69, 9.17) is 51.9 Å². The van der Waals surface area contributed by atoms with Crippen LogP contribution in [-0.4, -0.2) is 136 Å². The molecule has 1 heterocycles. The van der Waals surface area contributed by atoms with E-state index >= 15 is 0 Å². The summed E-state index contributed by atoms with van der Waals surface area (Å²) in [5, 5.41) is 2.63. The van der Waals surface area contributed by atoms with Crippen LogP contribution in [0.25, 0.3) is 0 Å². The molecule has 0 aromatic heterocycles. The van der Waals surface area contributed by atoms with Crippen molar-refractivity contribution < 1.29 is 56.7 Å². The Hall–Kier alpha value is -2.01. The number of rotatable bonds is 26. The third-order valence-electron chi connectivity index (χ3n) is 7.39. The van der Waals surface area contributed by atoms with Gasteiger partial charge in [-0.1, -0.05) is 6.07 Å². The molecule has 0 spiro atoms. The van der Waals surface area contributed by atoms with Gasteiger partial charge in [-0.3, -0.25) is 0 Å². The summed E-state index contributed by atoms with van der Waals surface area (Å²) in [5.41, 5.74) is 0.816.